The second-order valence-corrected chi connectivity index (χ2v) is 4.25. The number of hydrogen-bond donors (Lipinski definition) is 1. The fraction of sp³-hybridized carbons (Fsp3) is 0.538. The summed E-state index contributed by atoms with van der Waals surface area (Å²) in [4.78, 5) is 2.11. The van der Waals surface area contributed by atoms with Gasteiger partial charge in [-0.1, -0.05) is 12.1 Å². The van der Waals surface area contributed by atoms with E-state index < -0.39 is 0 Å². The number of aryl methyl sites for hydroxylation is 1. The van der Waals surface area contributed by atoms with Crippen molar-refractivity contribution in [3.8, 4) is 0 Å². The molecule has 1 rings (SSSR count). The molecule has 0 spiro atoms. The highest BCUT2D eigenvalue weighted by Crippen LogP contribution is 2.07. The van der Waals surface area contributed by atoms with Gasteiger partial charge in [0.2, 0.25) is 0 Å². The van der Waals surface area contributed by atoms with Crippen molar-refractivity contribution in [3.05, 3.63) is 35.6 Å². The fourth-order valence-corrected chi connectivity index (χ4v) is 1.58. The average Bonchev–Trinajstić information content (AvgIpc) is 2.28. The minimum Gasteiger partial charge on any atom is -0.395 e. The largest absolute Gasteiger partial charge is 0.395 e. The van der Waals surface area contributed by atoms with Gasteiger partial charge in [0.05, 0.1) is 6.61 Å². The van der Waals surface area contributed by atoms with Gasteiger partial charge >= 0.3 is 0 Å². The summed E-state index contributed by atoms with van der Waals surface area (Å²) < 4.78 is 12.9. The second-order valence-electron chi connectivity index (χ2n) is 4.25. The summed E-state index contributed by atoms with van der Waals surface area (Å²) in [5.74, 6) is -0.172. The zero-order valence-corrected chi connectivity index (χ0v) is 9.99. The maximum atomic E-state index is 12.9. The van der Waals surface area contributed by atoms with Crippen molar-refractivity contribution in [2.24, 2.45) is 0 Å². The molecule has 90 valence electrons. The lowest BCUT2D eigenvalue weighted by molar-refractivity contribution is 0.158. The molecule has 16 heavy (non-hydrogen) atoms. The number of halogens is 1. The van der Waals surface area contributed by atoms with Gasteiger partial charge in [-0.2, -0.15) is 0 Å². The Morgan fingerprint density at radius 1 is 1.44 bits per heavy atom. The van der Waals surface area contributed by atoms with Gasteiger partial charge in [0.1, 0.15) is 5.82 Å². The predicted molar refractivity (Wildman–Crippen MR) is 63.9 cm³/mol. The van der Waals surface area contributed by atoms with Crippen LogP contribution in [0.2, 0.25) is 0 Å². The zero-order valence-electron chi connectivity index (χ0n) is 9.99. The third-order valence-electron chi connectivity index (χ3n) is 2.88. The van der Waals surface area contributed by atoms with Crippen molar-refractivity contribution in [3.63, 3.8) is 0 Å². The minimum absolute atomic E-state index is 0.172. The molecule has 3 heteroatoms. The van der Waals surface area contributed by atoms with E-state index in [1.165, 1.54) is 6.07 Å². The van der Waals surface area contributed by atoms with Crippen LogP contribution in [0.25, 0.3) is 0 Å². The first-order valence-electron chi connectivity index (χ1n) is 5.69. The summed E-state index contributed by atoms with van der Waals surface area (Å²) in [6.07, 6.45) is 1.85. The Labute approximate surface area is 96.7 Å². The molecule has 1 N–H and O–H groups in total. The van der Waals surface area contributed by atoms with Crippen LogP contribution in [0.5, 0.6) is 0 Å². The number of likely N-dealkylation sites (N-methyl/N-ethyl adjacent to an activating group) is 1. The predicted octanol–water partition coefficient (Wildman–Crippen LogP) is 2.07. The minimum atomic E-state index is -0.172. The molecule has 0 aromatic heterocycles. The molecule has 0 aliphatic carbocycles. The molecule has 2 nitrogen and oxygen atoms in total. The molecule has 0 aliphatic heterocycles. The molecule has 1 aromatic rings. The maximum absolute atomic E-state index is 12.9. The Morgan fingerprint density at radius 3 is 2.81 bits per heavy atom. The molecular formula is C13H20FNO. The Kier molecular flexibility index (Phi) is 5.43. The maximum Gasteiger partial charge on any atom is 0.123 e. The molecule has 1 atom stereocenters. The Bertz CT molecular complexity index is 317. The smallest absolute Gasteiger partial charge is 0.123 e. The van der Waals surface area contributed by atoms with E-state index in [4.69, 9.17) is 5.11 Å². The van der Waals surface area contributed by atoms with Gasteiger partial charge in [0.15, 0.2) is 0 Å². The standard InChI is InChI=1S/C13H20FNO/c1-11(10-16)15(2)8-4-6-12-5-3-7-13(14)9-12/h3,5,7,9,11,16H,4,6,8,10H2,1-2H3. The highest BCUT2D eigenvalue weighted by atomic mass is 19.1. The van der Waals surface area contributed by atoms with Crippen molar-refractivity contribution >= 4 is 0 Å². The second kappa shape index (κ2) is 6.61. The summed E-state index contributed by atoms with van der Waals surface area (Å²) in [6, 6.07) is 6.91. The zero-order chi connectivity index (χ0) is 12.0. The first-order valence-corrected chi connectivity index (χ1v) is 5.69. The third kappa shape index (κ3) is 4.29. The summed E-state index contributed by atoms with van der Waals surface area (Å²) >= 11 is 0. The fourth-order valence-electron chi connectivity index (χ4n) is 1.58. The molecule has 0 amide bonds. The van der Waals surface area contributed by atoms with Crippen molar-refractivity contribution in [1.29, 1.82) is 0 Å². The van der Waals surface area contributed by atoms with Gasteiger partial charge in [-0.05, 0) is 51.1 Å². The van der Waals surface area contributed by atoms with Gasteiger partial charge in [-0.25, -0.2) is 4.39 Å². The van der Waals surface area contributed by atoms with Crippen LogP contribution >= 0.6 is 0 Å². The lowest BCUT2D eigenvalue weighted by Gasteiger charge is -2.22. The number of rotatable bonds is 6. The van der Waals surface area contributed by atoms with Gasteiger partial charge in [0.25, 0.3) is 0 Å². The van der Waals surface area contributed by atoms with Crippen LogP contribution < -0.4 is 0 Å². The normalized spacial score (nSPS) is 13.1. The number of nitrogens with zero attached hydrogens (tertiary/aromatic N) is 1. The molecule has 0 aliphatic rings. The average molecular weight is 225 g/mol. The van der Waals surface area contributed by atoms with Crippen molar-refractivity contribution in [2.45, 2.75) is 25.8 Å². The number of hydrogen-bond acceptors (Lipinski definition) is 2. The molecule has 0 saturated carbocycles. The lowest BCUT2D eigenvalue weighted by atomic mass is 10.1. The van der Waals surface area contributed by atoms with E-state index >= 15 is 0 Å². The van der Waals surface area contributed by atoms with Crippen LogP contribution in [0.3, 0.4) is 0 Å². The number of aliphatic hydroxyl groups is 1. The van der Waals surface area contributed by atoms with Crippen LogP contribution in [-0.2, 0) is 6.42 Å². The molecular weight excluding hydrogens is 205 g/mol. The monoisotopic (exact) mass is 225 g/mol. The highest BCUT2D eigenvalue weighted by molar-refractivity contribution is 5.16. The quantitative estimate of drug-likeness (QED) is 0.801. The van der Waals surface area contributed by atoms with Crippen molar-refractivity contribution in [1.82, 2.24) is 4.90 Å². The Balaban J connectivity index is 2.30. The summed E-state index contributed by atoms with van der Waals surface area (Å²) in [6.45, 7) is 3.08. The van der Waals surface area contributed by atoms with Gasteiger partial charge in [0, 0.05) is 6.04 Å². The topological polar surface area (TPSA) is 23.5 Å². The van der Waals surface area contributed by atoms with Crippen LogP contribution in [0.15, 0.2) is 24.3 Å². The molecule has 1 unspecified atom stereocenters. The third-order valence-corrected chi connectivity index (χ3v) is 2.88. The first kappa shape index (κ1) is 13.1. The molecule has 0 bridgehead atoms. The van der Waals surface area contributed by atoms with E-state index in [2.05, 4.69) is 4.90 Å². The molecule has 0 saturated heterocycles. The van der Waals surface area contributed by atoms with Crippen LogP contribution in [-0.4, -0.2) is 36.2 Å². The van der Waals surface area contributed by atoms with E-state index in [1.807, 2.05) is 20.0 Å². The highest BCUT2D eigenvalue weighted by Gasteiger charge is 2.06. The molecule has 1 aromatic carbocycles. The van der Waals surface area contributed by atoms with Gasteiger partial charge in [-0.3, -0.25) is 0 Å². The molecule has 0 radical (unpaired) electrons. The first-order chi connectivity index (χ1) is 7.63. The SMILES string of the molecule is CC(CO)N(C)CCCc1cccc(F)c1. The summed E-state index contributed by atoms with van der Waals surface area (Å²) in [7, 11) is 1.99. The van der Waals surface area contributed by atoms with Gasteiger partial charge in [-0.15, -0.1) is 0 Å². The Morgan fingerprint density at radius 2 is 2.19 bits per heavy atom. The van der Waals surface area contributed by atoms with Crippen LogP contribution in [0, 0.1) is 5.82 Å². The van der Waals surface area contributed by atoms with Crippen LogP contribution in [0.4, 0.5) is 4.39 Å². The van der Waals surface area contributed by atoms with Crippen LogP contribution in [0.1, 0.15) is 18.9 Å². The van der Waals surface area contributed by atoms with E-state index in [0.29, 0.717) is 0 Å². The summed E-state index contributed by atoms with van der Waals surface area (Å²) in [5, 5.41) is 8.97. The lowest BCUT2D eigenvalue weighted by Crippen LogP contribution is -2.32. The molecule has 0 fully saturated rings. The van der Waals surface area contributed by atoms with E-state index in [1.54, 1.807) is 12.1 Å². The Hall–Kier alpha value is -0.930. The number of aliphatic hydroxyl groups excluding tert-OH is 1. The number of benzene rings is 1. The van der Waals surface area contributed by atoms with Crippen molar-refractivity contribution in [2.75, 3.05) is 20.2 Å². The van der Waals surface area contributed by atoms with Crippen molar-refractivity contribution < 1.29 is 9.50 Å². The van der Waals surface area contributed by atoms with E-state index in [-0.39, 0.29) is 18.5 Å². The molecule has 0 heterocycles. The summed E-state index contributed by atoms with van der Waals surface area (Å²) in [5.41, 5.74) is 1.03. The van der Waals surface area contributed by atoms with E-state index in [0.717, 1.165) is 24.9 Å². The van der Waals surface area contributed by atoms with E-state index in [9.17, 15) is 4.39 Å². The van der Waals surface area contributed by atoms with Gasteiger partial charge < -0.3 is 10.0 Å².